The summed E-state index contributed by atoms with van der Waals surface area (Å²) >= 11 is 0. The van der Waals surface area contributed by atoms with Gasteiger partial charge in [-0.1, -0.05) is 25.5 Å². The number of carbonyl (C=O) groups excluding carboxylic acids is 1. The Morgan fingerprint density at radius 1 is 1.19 bits per heavy atom. The number of hydrogen-bond donors (Lipinski definition) is 1. The summed E-state index contributed by atoms with van der Waals surface area (Å²) in [6.07, 6.45) is 8.54. The molecule has 5 rings (SSSR count). The minimum Gasteiger partial charge on any atom is -0.462 e. The number of rotatable bonds is 3. The fraction of sp³-hybridized carbons (Fsp3) is 0.760. The maximum atomic E-state index is 13.1. The van der Waals surface area contributed by atoms with Crippen LogP contribution in [0.15, 0.2) is 17.7 Å². The van der Waals surface area contributed by atoms with Gasteiger partial charge in [-0.25, -0.2) is 8.78 Å². The van der Waals surface area contributed by atoms with Gasteiger partial charge < -0.3 is 4.74 Å². The van der Waals surface area contributed by atoms with E-state index in [9.17, 15) is 13.6 Å². The van der Waals surface area contributed by atoms with Crippen LogP contribution in [-0.4, -0.2) is 22.3 Å². The largest absolute Gasteiger partial charge is 0.462 e. The van der Waals surface area contributed by atoms with Gasteiger partial charge in [-0.2, -0.15) is 5.10 Å². The third-order valence-electron chi connectivity index (χ3n) is 9.61. The summed E-state index contributed by atoms with van der Waals surface area (Å²) in [5.74, 6) is 2.05. The summed E-state index contributed by atoms with van der Waals surface area (Å²) in [5, 5.41) is 6.83. The van der Waals surface area contributed by atoms with E-state index in [1.807, 2.05) is 0 Å². The lowest BCUT2D eigenvalue weighted by Gasteiger charge is -2.58. The number of H-pyrrole nitrogens is 1. The number of alkyl halides is 2. The molecule has 1 aromatic heterocycles. The van der Waals surface area contributed by atoms with Gasteiger partial charge in [0.1, 0.15) is 11.8 Å². The predicted octanol–water partition coefficient (Wildman–Crippen LogP) is 6.33. The number of hydrogen-bond acceptors (Lipinski definition) is 3. The van der Waals surface area contributed by atoms with Crippen LogP contribution < -0.4 is 0 Å². The van der Waals surface area contributed by atoms with E-state index in [1.54, 1.807) is 6.07 Å². The molecule has 1 N–H and O–H groups in total. The van der Waals surface area contributed by atoms with Gasteiger partial charge >= 0.3 is 5.97 Å². The normalized spacial score (nSPS) is 41.9. The van der Waals surface area contributed by atoms with Crippen LogP contribution in [0.4, 0.5) is 8.78 Å². The number of fused-ring (bicyclic) bond motifs is 5. The maximum Gasteiger partial charge on any atom is 0.302 e. The quantitative estimate of drug-likeness (QED) is 0.449. The van der Waals surface area contributed by atoms with E-state index in [2.05, 4.69) is 30.1 Å². The Balaban J connectivity index is 1.38. The lowest BCUT2D eigenvalue weighted by Crippen LogP contribution is -2.50. The van der Waals surface area contributed by atoms with Crippen LogP contribution in [0, 0.1) is 28.6 Å². The molecule has 4 nitrogen and oxygen atoms in total. The zero-order valence-corrected chi connectivity index (χ0v) is 18.8. The molecule has 7 atom stereocenters. The van der Waals surface area contributed by atoms with Crippen molar-refractivity contribution in [1.29, 1.82) is 0 Å². The highest BCUT2D eigenvalue weighted by Gasteiger charge is 2.59. The van der Waals surface area contributed by atoms with Crippen molar-refractivity contribution in [1.82, 2.24) is 10.2 Å². The first-order chi connectivity index (χ1) is 14.7. The van der Waals surface area contributed by atoms with E-state index in [1.165, 1.54) is 25.3 Å². The van der Waals surface area contributed by atoms with Crippen molar-refractivity contribution in [2.75, 3.05) is 0 Å². The van der Waals surface area contributed by atoms with E-state index in [0.29, 0.717) is 17.8 Å². The van der Waals surface area contributed by atoms with Crippen LogP contribution in [0.2, 0.25) is 0 Å². The molecule has 4 aliphatic carbocycles. The highest BCUT2D eigenvalue weighted by Crippen LogP contribution is 2.67. The fourth-order valence-electron chi connectivity index (χ4n) is 8.12. The first-order valence-corrected chi connectivity index (χ1v) is 11.9. The minimum absolute atomic E-state index is 0.0301. The third-order valence-corrected chi connectivity index (χ3v) is 9.61. The molecule has 0 radical (unpaired) electrons. The number of esters is 1. The number of ether oxygens (including phenoxy) is 1. The molecule has 0 aromatic carbocycles. The summed E-state index contributed by atoms with van der Waals surface area (Å²) in [6.45, 7) is 6.34. The summed E-state index contributed by atoms with van der Waals surface area (Å²) in [7, 11) is 0. The van der Waals surface area contributed by atoms with E-state index < -0.39 is 6.43 Å². The first kappa shape index (κ1) is 21.1. The van der Waals surface area contributed by atoms with Gasteiger partial charge in [-0.15, -0.1) is 0 Å². The van der Waals surface area contributed by atoms with Crippen molar-refractivity contribution in [3.63, 3.8) is 0 Å². The second-order valence-electron chi connectivity index (χ2n) is 11.0. The number of allylic oxidation sites excluding steroid dienone is 1. The molecule has 0 saturated heterocycles. The Morgan fingerprint density at radius 2 is 2.00 bits per heavy atom. The number of aromatic amines is 1. The molecule has 31 heavy (non-hydrogen) atoms. The highest BCUT2D eigenvalue weighted by atomic mass is 19.3. The van der Waals surface area contributed by atoms with Crippen molar-refractivity contribution in [2.24, 2.45) is 28.6 Å². The van der Waals surface area contributed by atoms with Crippen molar-refractivity contribution >= 4 is 5.97 Å². The molecule has 1 aromatic rings. The number of nitrogens with zero attached hydrogens (tertiary/aromatic N) is 1. The standard InChI is InChI=1S/C25H34F2N2O2/c1-14(30)31-16-8-10-24(2)15(12-16)4-5-17-18-6-7-20(25(18,3)11-9-19(17)24)21-13-22(23(26)27)29-28-21/h4,13,16-20,23H,5-12H2,1-3H3,(H,28,29)/t16?,17-,18-,19-,20?,24-,25-/m0/s1. The second kappa shape index (κ2) is 7.41. The van der Waals surface area contributed by atoms with Gasteiger partial charge in [-0.05, 0) is 79.6 Å². The summed E-state index contributed by atoms with van der Waals surface area (Å²) in [5.41, 5.74) is 2.62. The number of halogens is 2. The minimum atomic E-state index is -2.52. The zero-order chi connectivity index (χ0) is 22.0. The van der Waals surface area contributed by atoms with Crippen molar-refractivity contribution in [3.05, 3.63) is 29.1 Å². The monoisotopic (exact) mass is 432 g/mol. The fourth-order valence-corrected chi connectivity index (χ4v) is 8.12. The lowest BCUT2D eigenvalue weighted by atomic mass is 9.47. The smallest absolute Gasteiger partial charge is 0.302 e. The molecule has 6 heteroatoms. The second-order valence-corrected chi connectivity index (χ2v) is 11.0. The van der Waals surface area contributed by atoms with E-state index in [0.717, 1.165) is 44.2 Å². The molecule has 2 unspecified atom stereocenters. The van der Waals surface area contributed by atoms with Crippen molar-refractivity contribution in [3.8, 4) is 0 Å². The molecule has 170 valence electrons. The van der Waals surface area contributed by atoms with E-state index in [-0.39, 0.29) is 34.5 Å². The summed E-state index contributed by atoms with van der Waals surface area (Å²) < 4.78 is 31.7. The van der Waals surface area contributed by atoms with Crippen LogP contribution in [0.5, 0.6) is 0 Å². The Kier molecular flexibility index (Phi) is 5.06. The number of carbonyl (C=O) groups is 1. The van der Waals surface area contributed by atoms with Gasteiger partial charge in [0.15, 0.2) is 0 Å². The highest BCUT2D eigenvalue weighted by molar-refractivity contribution is 5.66. The summed E-state index contributed by atoms with van der Waals surface area (Å²) in [4.78, 5) is 11.4. The van der Waals surface area contributed by atoms with Crippen LogP contribution in [0.1, 0.15) is 95.9 Å². The Labute approximate surface area is 183 Å². The third kappa shape index (κ3) is 3.27. The molecule has 3 fully saturated rings. The van der Waals surface area contributed by atoms with Gasteiger partial charge in [0, 0.05) is 25.0 Å². The SMILES string of the molecule is CC(=O)OC1CC[C@@]2(C)C(=CC[C@@H]3[C@@H]2CC[C@]2(C)C(c4cc(C(F)F)n[nH]4)CC[C@@H]32)C1. The Hall–Kier alpha value is -1.72. The molecule has 0 spiro atoms. The molecule has 3 saturated carbocycles. The molecule has 0 aliphatic heterocycles. The Morgan fingerprint density at radius 3 is 2.71 bits per heavy atom. The molecular weight excluding hydrogens is 398 g/mol. The van der Waals surface area contributed by atoms with Crippen LogP contribution in [0.25, 0.3) is 0 Å². The molecular formula is C25H34F2N2O2. The topological polar surface area (TPSA) is 55.0 Å². The van der Waals surface area contributed by atoms with Gasteiger partial charge in [-0.3, -0.25) is 9.89 Å². The van der Waals surface area contributed by atoms with Crippen molar-refractivity contribution in [2.45, 2.75) is 90.6 Å². The molecule has 0 amide bonds. The van der Waals surface area contributed by atoms with E-state index in [4.69, 9.17) is 4.74 Å². The first-order valence-electron chi connectivity index (χ1n) is 11.9. The zero-order valence-electron chi connectivity index (χ0n) is 18.8. The van der Waals surface area contributed by atoms with E-state index >= 15 is 0 Å². The summed E-state index contributed by atoms with van der Waals surface area (Å²) in [6, 6.07) is 1.60. The molecule has 4 aliphatic rings. The van der Waals surface area contributed by atoms with Gasteiger partial charge in [0.05, 0.1) is 0 Å². The average molecular weight is 433 g/mol. The van der Waals surface area contributed by atoms with Crippen LogP contribution >= 0.6 is 0 Å². The Bertz CT molecular complexity index is 896. The molecule has 1 heterocycles. The van der Waals surface area contributed by atoms with Gasteiger partial charge in [0.2, 0.25) is 0 Å². The molecule has 0 bridgehead atoms. The van der Waals surface area contributed by atoms with Crippen molar-refractivity contribution < 1.29 is 18.3 Å². The number of aromatic nitrogens is 2. The average Bonchev–Trinajstić information content (AvgIpc) is 3.32. The lowest BCUT2D eigenvalue weighted by molar-refractivity contribution is -0.148. The van der Waals surface area contributed by atoms with Crippen LogP contribution in [0.3, 0.4) is 0 Å². The van der Waals surface area contributed by atoms with Gasteiger partial charge in [0.25, 0.3) is 6.43 Å². The maximum absolute atomic E-state index is 13.1. The number of nitrogens with one attached hydrogen (secondary N) is 1. The van der Waals surface area contributed by atoms with Crippen LogP contribution in [-0.2, 0) is 9.53 Å². The predicted molar refractivity (Wildman–Crippen MR) is 114 cm³/mol.